The fourth-order valence-electron chi connectivity index (χ4n) is 2.39. The smallest absolute Gasteiger partial charge is 0.161 e. The predicted octanol–water partition coefficient (Wildman–Crippen LogP) is 2.91. The number of anilines is 1. The highest BCUT2D eigenvalue weighted by molar-refractivity contribution is 6.03. The summed E-state index contributed by atoms with van der Waals surface area (Å²) in [6.07, 6.45) is 0. The van der Waals surface area contributed by atoms with Crippen molar-refractivity contribution in [2.24, 2.45) is 10.7 Å². The third-order valence-electron chi connectivity index (χ3n) is 3.56. The summed E-state index contributed by atoms with van der Waals surface area (Å²) in [5.74, 6) is 1.34. The Balaban J connectivity index is 2.05. The lowest BCUT2D eigenvalue weighted by molar-refractivity contribution is 0.181. The molecule has 0 saturated heterocycles. The molecule has 0 amide bonds. The molecule has 6 heteroatoms. The van der Waals surface area contributed by atoms with E-state index in [1.54, 1.807) is 19.2 Å². The summed E-state index contributed by atoms with van der Waals surface area (Å²) in [6, 6.07) is 18.8. The van der Waals surface area contributed by atoms with E-state index in [4.69, 9.17) is 16.2 Å². The van der Waals surface area contributed by atoms with Crippen molar-refractivity contribution in [1.29, 1.82) is 0 Å². The van der Waals surface area contributed by atoms with Crippen molar-refractivity contribution in [2.75, 3.05) is 12.8 Å². The van der Waals surface area contributed by atoms with Gasteiger partial charge in [-0.05, 0) is 12.1 Å². The Morgan fingerprint density at radius 2 is 1.76 bits per heavy atom. The molecule has 1 aromatic heterocycles. The largest absolute Gasteiger partial charge is 0.398 e. The second kappa shape index (κ2) is 7.55. The third kappa shape index (κ3) is 3.99. The van der Waals surface area contributed by atoms with Crippen LogP contribution in [-0.2, 0) is 11.3 Å². The molecule has 3 aromatic rings. The molecule has 0 atom stereocenters. The van der Waals surface area contributed by atoms with Crippen molar-refractivity contribution in [2.45, 2.75) is 6.61 Å². The third-order valence-corrected chi connectivity index (χ3v) is 3.56. The molecule has 0 fully saturated rings. The van der Waals surface area contributed by atoms with Crippen LogP contribution in [0.2, 0.25) is 0 Å². The van der Waals surface area contributed by atoms with Crippen LogP contribution >= 0.6 is 0 Å². The summed E-state index contributed by atoms with van der Waals surface area (Å²) in [5.41, 5.74) is 14.9. The van der Waals surface area contributed by atoms with Gasteiger partial charge < -0.3 is 16.2 Å². The minimum absolute atomic E-state index is 0.305. The molecule has 0 bridgehead atoms. The van der Waals surface area contributed by atoms with Crippen LogP contribution in [0.5, 0.6) is 0 Å². The number of nitrogens with zero attached hydrogens (tertiary/aromatic N) is 3. The molecule has 0 saturated carbocycles. The van der Waals surface area contributed by atoms with Gasteiger partial charge in [0.25, 0.3) is 0 Å². The minimum Gasteiger partial charge on any atom is -0.398 e. The average molecular weight is 333 g/mol. The van der Waals surface area contributed by atoms with E-state index in [0.29, 0.717) is 35.3 Å². The van der Waals surface area contributed by atoms with Crippen LogP contribution in [0.15, 0.2) is 65.7 Å². The molecule has 2 aromatic carbocycles. The number of para-hydroxylation sites is 1. The first-order valence-corrected chi connectivity index (χ1v) is 7.78. The number of hydrogen-bond acceptors (Lipinski definition) is 5. The summed E-state index contributed by atoms with van der Waals surface area (Å²) in [4.78, 5) is 13.5. The molecule has 0 spiro atoms. The Kier molecular flexibility index (Phi) is 5.01. The second-order valence-electron chi connectivity index (χ2n) is 5.42. The summed E-state index contributed by atoms with van der Waals surface area (Å²) in [5, 5.41) is 0. The maximum absolute atomic E-state index is 6.12. The Hall–Kier alpha value is -3.25. The average Bonchev–Trinajstić information content (AvgIpc) is 2.63. The summed E-state index contributed by atoms with van der Waals surface area (Å²) in [7, 11) is 1.62. The number of hydrogen-bond donors (Lipinski definition) is 2. The number of nitrogens with two attached hydrogens (primary N) is 2. The Morgan fingerprint density at radius 1 is 1.04 bits per heavy atom. The van der Waals surface area contributed by atoms with Crippen LogP contribution in [-0.4, -0.2) is 22.9 Å². The van der Waals surface area contributed by atoms with Gasteiger partial charge in [0.1, 0.15) is 5.84 Å². The molecule has 0 aliphatic rings. The predicted molar refractivity (Wildman–Crippen MR) is 99.4 cm³/mol. The van der Waals surface area contributed by atoms with Crippen LogP contribution in [0.3, 0.4) is 0 Å². The van der Waals surface area contributed by atoms with Gasteiger partial charge in [0, 0.05) is 30.0 Å². The zero-order valence-electron chi connectivity index (χ0n) is 13.9. The summed E-state index contributed by atoms with van der Waals surface area (Å²) in [6.45, 7) is 0.359. The van der Waals surface area contributed by atoms with Crippen molar-refractivity contribution < 1.29 is 4.74 Å². The number of aromatic nitrogens is 2. The fourth-order valence-corrected chi connectivity index (χ4v) is 2.39. The zero-order valence-corrected chi connectivity index (χ0v) is 13.9. The van der Waals surface area contributed by atoms with E-state index in [0.717, 1.165) is 11.3 Å². The van der Waals surface area contributed by atoms with Gasteiger partial charge in [0.2, 0.25) is 0 Å². The maximum Gasteiger partial charge on any atom is 0.161 e. The van der Waals surface area contributed by atoms with Crippen LogP contribution in [0, 0.1) is 0 Å². The molecule has 6 nitrogen and oxygen atoms in total. The zero-order chi connectivity index (χ0) is 17.6. The molecule has 1 heterocycles. The van der Waals surface area contributed by atoms with E-state index in [1.165, 1.54) is 0 Å². The minimum atomic E-state index is 0.305. The first kappa shape index (κ1) is 16.6. The van der Waals surface area contributed by atoms with Crippen LogP contribution in [0.1, 0.15) is 11.3 Å². The van der Waals surface area contributed by atoms with E-state index in [2.05, 4.69) is 15.0 Å². The molecule has 0 aliphatic heterocycles. The fraction of sp³-hybridized carbons (Fsp3) is 0.105. The van der Waals surface area contributed by atoms with Crippen molar-refractivity contribution in [3.8, 4) is 11.4 Å². The maximum atomic E-state index is 6.12. The molecule has 4 N–H and O–H groups in total. The van der Waals surface area contributed by atoms with Gasteiger partial charge in [-0.15, -0.1) is 0 Å². The normalized spacial score (nSPS) is 11.5. The molecule has 126 valence electrons. The number of benzene rings is 2. The quantitative estimate of drug-likeness (QED) is 0.425. The van der Waals surface area contributed by atoms with Gasteiger partial charge in [-0.25, -0.2) is 15.0 Å². The van der Waals surface area contributed by atoms with Crippen LogP contribution in [0.4, 0.5) is 11.5 Å². The van der Waals surface area contributed by atoms with Crippen molar-refractivity contribution in [3.63, 3.8) is 0 Å². The lowest BCUT2D eigenvalue weighted by Gasteiger charge is -2.07. The van der Waals surface area contributed by atoms with Crippen molar-refractivity contribution >= 4 is 17.3 Å². The molecular formula is C19H19N5O. The summed E-state index contributed by atoms with van der Waals surface area (Å²) >= 11 is 0. The number of ether oxygens (including phenoxy) is 1. The van der Waals surface area contributed by atoms with Crippen molar-refractivity contribution in [1.82, 2.24) is 9.97 Å². The lowest BCUT2D eigenvalue weighted by Crippen LogP contribution is -2.15. The van der Waals surface area contributed by atoms with E-state index >= 15 is 0 Å². The Morgan fingerprint density at radius 3 is 2.48 bits per heavy atom. The number of rotatable bonds is 5. The monoisotopic (exact) mass is 333 g/mol. The Bertz CT molecular complexity index is 893. The lowest BCUT2D eigenvalue weighted by atomic mass is 10.1. The van der Waals surface area contributed by atoms with Crippen LogP contribution in [0.25, 0.3) is 11.4 Å². The first-order chi connectivity index (χ1) is 12.2. The van der Waals surface area contributed by atoms with E-state index in [1.807, 2.05) is 48.5 Å². The van der Waals surface area contributed by atoms with Crippen LogP contribution < -0.4 is 11.5 Å². The van der Waals surface area contributed by atoms with Gasteiger partial charge in [-0.3, -0.25) is 0 Å². The Labute approximate surface area is 146 Å². The van der Waals surface area contributed by atoms with Gasteiger partial charge in [0.15, 0.2) is 11.6 Å². The molecule has 0 unspecified atom stereocenters. The standard InChI is InChI=1S/C19H19N5O/c1-25-12-14-11-17(23-18(21)15-9-5-6-10-16(15)20)24-19(22-14)13-7-3-2-4-8-13/h2-11H,12,20H2,1H3,(H2,21,22,23,24). The highest BCUT2D eigenvalue weighted by atomic mass is 16.5. The second-order valence-corrected chi connectivity index (χ2v) is 5.42. The molecule has 3 rings (SSSR count). The van der Waals surface area contributed by atoms with E-state index < -0.39 is 0 Å². The summed E-state index contributed by atoms with van der Waals surface area (Å²) < 4.78 is 5.19. The molecule has 0 aliphatic carbocycles. The van der Waals surface area contributed by atoms with E-state index in [9.17, 15) is 0 Å². The van der Waals surface area contributed by atoms with Gasteiger partial charge in [-0.2, -0.15) is 0 Å². The number of nitrogen functional groups attached to an aromatic ring is 1. The molecule has 0 radical (unpaired) electrons. The molecule has 25 heavy (non-hydrogen) atoms. The SMILES string of the molecule is COCc1cc(N=C(N)c2ccccc2N)nc(-c2ccccc2)n1. The highest BCUT2D eigenvalue weighted by Crippen LogP contribution is 2.21. The topological polar surface area (TPSA) is 99.4 Å². The van der Waals surface area contributed by atoms with E-state index in [-0.39, 0.29) is 0 Å². The number of amidine groups is 1. The number of aliphatic imine (C=N–C) groups is 1. The van der Waals surface area contributed by atoms with Crippen molar-refractivity contribution in [3.05, 3.63) is 71.9 Å². The highest BCUT2D eigenvalue weighted by Gasteiger charge is 2.08. The first-order valence-electron chi connectivity index (χ1n) is 7.78. The molecular weight excluding hydrogens is 314 g/mol. The van der Waals surface area contributed by atoms with Gasteiger partial charge in [0.05, 0.1) is 12.3 Å². The number of methoxy groups -OCH3 is 1. The van der Waals surface area contributed by atoms with Gasteiger partial charge >= 0.3 is 0 Å². The van der Waals surface area contributed by atoms with Gasteiger partial charge in [-0.1, -0.05) is 42.5 Å².